The van der Waals surface area contributed by atoms with Crippen LogP contribution in [0, 0.1) is 0 Å². The van der Waals surface area contributed by atoms with Crippen LogP contribution in [0.15, 0.2) is 30.3 Å². The lowest BCUT2D eigenvalue weighted by molar-refractivity contribution is -0.149. The molecule has 2 rings (SSSR count). The average Bonchev–Trinajstić information content (AvgIpc) is 2.79. The number of ether oxygens (including phenoxy) is 1. The normalized spacial score (nSPS) is 14.2. The largest absolute Gasteiger partial charge is 0.454 e. The number of nitrogens with zero attached hydrogens (tertiary/aromatic N) is 3. The van der Waals surface area contributed by atoms with E-state index in [1.54, 1.807) is 31.3 Å². The summed E-state index contributed by atoms with van der Waals surface area (Å²) in [4.78, 5) is 50.2. The predicted octanol–water partition coefficient (Wildman–Crippen LogP) is 0.0866. The first-order valence-electron chi connectivity index (χ1n) is 6.93. The molecule has 23 heavy (non-hydrogen) atoms. The summed E-state index contributed by atoms with van der Waals surface area (Å²) in [5.41, 5.74) is 0.667. The highest BCUT2D eigenvalue weighted by Crippen LogP contribution is 2.11. The Kier molecular flexibility index (Phi) is 4.95. The number of esters is 1. The van der Waals surface area contributed by atoms with Crippen molar-refractivity contribution in [1.82, 2.24) is 9.80 Å². The van der Waals surface area contributed by atoms with Crippen LogP contribution >= 0.6 is 0 Å². The summed E-state index contributed by atoms with van der Waals surface area (Å²) in [5.74, 6) is -1.69. The molecular weight excluding hydrogens is 302 g/mol. The molecule has 0 bridgehead atoms. The standard InChI is InChI=1S/C15H17N3O5/c1-16-8-12(19)18(15(16)22)9-14(21)23-10-13(20)17(2)11-6-4-3-5-7-11/h3-7H,8-10H2,1-2H3. The van der Waals surface area contributed by atoms with Crippen LogP contribution in [0.5, 0.6) is 0 Å². The minimum absolute atomic E-state index is 0.0677. The van der Waals surface area contributed by atoms with Crippen LogP contribution in [-0.4, -0.2) is 67.4 Å². The fraction of sp³-hybridized carbons (Fsp3) is 0.333. The van der Waals surface area contributed by atoms with Gasteiger partial charge in [0.2, 0.25) is 0 Å². The number of carbonyl (C=O) groups excluding carboxylic acids is 4. The Balaban J connectivity index is 1.84. The van der Waals surface area contributed by atoms with Gasteiger partial charge in [-0.25, -0.2) is 4.79 Å². The highest BCUT2D eigenvalue weighted by molar-refractivity contribution is 6.04. The number of anilines is 1. The maximum atomic E-state index is 12.0. The van der Waals surface area contributed by atoms with Crippen molar-refractivity contribution < 1.29 is 23.9 Å². The van der Waals surface area contributed by atoms with E-state index in [9.17, 15) is 19.2 Å². The van der Waals surface area contributed by atoms with Gasteiger partial charge in [-0.3, -0.25) is 19.3 Å². The van der Waals surface area contributed by atoms with Gasteiger partial charge in [-0.2, -0.15) is 0 Å². The SMILES string of the molecule is CN1CC(=O)N(CC(=O)OCC(=O)N(C)c2ccccc2)C1=O. The van der Waals surface area contributed by atoms with Gasteiger partial charge in [0.25, 0.3) is 11.8 Å². The second-order valence-corrected chi connectivity index (χ2v) is 5.07. The maximum absolute atomic E-state index is 12.0. The first kappa shape index (κ1) is 16.5. The molecule has 1 fully saturated rings. The van der Waals surface area contributed by atoms with E-state index in [1.807, 2.05) is 6.07 Å². The fourth-order valence-electron chi connectivity index (χ4n) is 2.03. The van der Waals surface area contributed by atoms with Crippen LogP contribution in [0.4, 0.5) is 10.5 Å². The van der Waals surface area contributed by atoms with Crippen LogP contribution in [0.2, 0.25) is 0 Å². The quantitative estimate of drug-likeness (QED) is 0.567. The third-order valence-corrected chi connectivity index (χ3v) is 3.39. The number of imide groups is 1. The predicted molar refractivity (Wildman–Crippen MR) is 80.6 cm³/mol. The number of carbonyl (C=O) groups is 4. The molecule has 1 aliphatic heterocycles. The van der Waals surface area contributed by atoms with Crippen LogP contribution in [-0.2, 0) is 19.1 Å². The third-order valence-electron chi connectivity index (χ3n) is 3.39. The summed E-state index contributed by atoms with van der Waals surface area (Å²) in [6, 6.07) is 8.33. The smallest absolute Gasteiger partial charge is 0.327 e. The van der Waals surface area contributed by atoms with Crippen molar-refractivity contribution in [1.29, 1.82) is 0 Å². The molecule has 8 heteroatoms. The summed E-state index contributed by atoms with van der Waals surface area (Å²) in [6.07, 6.45) is 0. The number of hydrogen-bond acceptors (Lipinski definition) is 5. The van der Waals surface area contributed by atoms with Gasteiger partial charge in [-0.05, 0) is 12.1 Å². The van der Waals surface area contributed by atoms with Gasteiger partial charge in [0.05, 0.1) is 0 Å². The topological polar surface area (TPSA) is 87.2 Å². The fourth-order valence-corrected chi connectivity index (χ4v) is 2.03. The number of rotatable bonds is 5. The number of amides is 4. The van der Waals surface area contributed by atoms with E-state index in [2.05, 4.69) is 0 Å². The molecule has 0 N–H and O–H groups in total. The Hall–Kier alpha value is -2.90. The van der Waals surface area contributed by atoms with Gasteiger partial charge in [0.1, 0.15) is 13.1 Å². The molecule has 1 saturated heterocycles. The minimum atomic E-state index is -0.809. The van der Waals surface area contributed by atoms with Crippen LogP contribution in [0.3, 0.4) is 0 Å². The molecule has 1 aromatic carbocycles. The molecule has 4 amide bonds. The molecule has 0 atom stereocenters. The minimum Gasteiger partial charge on any atom is -0.454 e. The first-order chi connectivity index (χ1) is 10.9. The average molecular weight is 319 g/mol. The highest BCUT2D eigenvalue weighted by Gasteiger charge is 2.35. The van der Waals surface area contributed by atoms with Crippen LogP contribution < -0.4 is 4.90 Å². The van der Waals surface area contributed by atoms with Crippen molar-refractivity contribution >= 4 is 29.5 Å². The molecule has 0 radical (unpaired) electrons. The lowest BCUT2D eigenvalue weighted by atomic mass is 10.3. The van der Waals surface area contributed by atoms with Crippen LogP contribution in [0.25, 0.3) is 0 Å². The zero-order chi connectivity index (χ0) is 17.0. The Morgan fingerprint density at radius 2 is 1.87 bits per heavy atom. The lowest BCUT2D eigenvalue weighted by Gasteiger charge is -2.18. The summed E-state index contributed by atoms with van der Waals surface area (Å²) in [7, 11) is 3.03. The molecule has 0 aliphatic carbocycles. The Morgan fingerprint density at radius 3 is 2.43 bits per heavy atom. The van der Waals surface area contributed by atoms with Gasteiger partial charge in [0.15, 0.2) is 6.61 Å². The molecule has 1 heterocycles. The Morgan fingerprint density at radius 1 is 1.22 bits per heavy atom. The monoisotopic (exact) mass is 319 g/mol. The molecule has 1 aliphatic rings. The van der Waals surface area contributed by atoms with E-state index in [4.69, 9.17) is 4.74 Å². The molecule has 122 valence electrons. The molecule has 0 saturated carbocycles. The molecule has 1 aromatic rings. The van der Waals surface area contributed by atoms with Crippen LogP contribution in [0.1, 0.15) is 0 Å². The van der Waals surface area contributed by atoms with Gasteiger partial charge in [-0.1, -0.05) is 18.2 Å². The Labute approximate surface area is 133 Å². The van der Waals surface area contributed by atoms with Gasteiger partial charge >= 0.3 is 12.0 Å². The third kappa shape index (κ3) is 3.85. The lowest BCUT2D eigenvalue weighted by Crippen LogP contribution is -2.38. The van der Waals surface area contributed by atoms with Gasteiger partial charge < -0.3 is 14.5 Å². The molecule has 8 nitrogen and oxygen atoms in total. The van der Waals surface area contributed by atoms with Crippen molar-refractivity contribution in [2.45, 2.75) is 0 Å². The van der Waals surface area contributed by atoms with Gasteiger partial charge in [-0.15, -0.1) is 0 Å². The number of likely N-dealkylation sites (N-methyl/N-ethyl adjacent to an activating group) is 2. The summed E-state index contributed by atoms with van der Waals surface area (Å²) in [6.45, 7) is -1.03. The molecule has 0 aromatic heterocycles. The van der Waals surface area contributed by atoms with Crippen molar-refractivity contribution in [3.8, 4) is 0 Å². The number of hydrogen-bond donors (Lipinski definition) is 0. The Bertz CT molecular complexity index is 631. The van der Waals surface area contributed by atoms with E-state index in [0.29, 0.717) is 5.69 Å². The molecule has 0 unspecified atom stereocenters. The maximum Gasteiger partial charge on any atom is 0.327 e. The summed E-state index contributed by atoms with van der Waals surface area (Å²) < 4.78 is 4.85. The molecular formula is C15H17N3O5. The number of urea groups is 1. The van der Waals surface area contributed by atoms with Gasteiger partial charge in [0, 0.05) is 19.8 Å². The van der Waals surface area contributed by atoms with Crippen molar-refractivity contribution in [3.63, 3.8) is 0 Å². The summed E-state index contributed by atoms with van der Waals surface area (Å²) >= 11 is 0. The van der Waals surface area contributed by atoms with Crippen molar-refractivity contribution in [2.75, 3.05) is 38.7 Å². The van der Waals surface area contributed by atoms with E-state index in [1.165, 1.54) is 16.8 Å². The summed E-state index contributed by atoms with van der Waals surface area (Å²) in [5, 5.41) is 0. The first-order valence-corrected chi connectivity index (χ1v) is 6.93. The second kappa shape index (κ2) is 6.91. The van der Waals surface area contributed by atoms with E-state index < -0.39 is 37.0 Å². The highest BCUT2D eigenvalue weighted by atomic mass is 16.5. The number of benzene rings is 1. The van der Waals surface area contributed by atoms with Crippen molar-refractivity contribution in [3.05, 3.63) is 30.3 Å². The second-order valence-electron chi connectivity index (χ2n) is 5.07. The van der Waals surface area contributed by atoms with E-state index >= 15 is 0 Å². The van der Waals surface area contributed by atoms with Crippen molar-refractivity contribution in [2.24, 2.45) is 0 Å². The zero-order valence-corrected chi connectivity index (χ0v) is 12.9. The molecule has 0 spiro atoms. The van der Waals surface area contributed by atoms with E-state index in [0.717, 1.165) is 4.90 Å². The zero-order valence-electron chi connectivity index (χ0n) is 12.9. The van der Waals surface area contributed by atoms with E-state index in [-0.39, 0.29) is 6.54 Å². The number of para-hydroxylation sites is 1.